The van der Waals surface area contributed by atoms with E-state index in [-0.39, 0.29) is 18.1 Å². The van der Waals surface area contributed by atoms with E-state index in [1.54, 1.807) is 6.07 Å². The lowest BCUT2D eigenvalue weighted by atomic mass is 10.1. The number of aliphatic hydroxyl groups excluding tert-OH is 1. The second-order valence-electron chi connectivity index (χ2n) is 7.59. The van der Waals surface area contributed by atoms with Crippen LogP contribution in [0.5, 0.6) is 0 Å². The first kappa shape index (κ1) is 18.7. The van der Waals surface area contributed by atoms with Crippen molar-refractivity contribution in [1.82, 2.24) is 19.9 Å². The summed E-state index contributed by atoms with van der Waals surface area (Å²) in [6.07, 6.45) is 3.38. The van der Waals surface area contributed by atoms with Crippen LogP contribution in [0.25, 0.3) is 10.9 Å². The monoisotopic (exact) mass is 382 g/mol. The minimum absolute atomic E-state index is 0.151. The standard InChI is InChI=1S/C21H26N4O3/c1-14(18-13-24(2)20-6-4-3-5-17(18)20)22-21(27)19-11-16(28-23-19)12-25-9-7-15(26)8-10-25/h3-6,11,13-15,26H,7-10,12H2,1-2H3,(H,22,27)/t14-/m1/s1. The van der Waals surface area contributed by atoms with Gasteiger partial charge < -0.3 is 19.5 Å². The Bertz CT molecular complexity index is 969. The Morgan fingerprint density at radius 2 is 2.11 bits per heavy atom. The molecule has 0 saturated carbocycles. The molecule has 2 N–H and O–H groups in total. The molecule has 0 spiro atoms. The number of hydrogen-bond donors (Lipinski definition) is 2. The van der Waals surface area contributed by atoms with E-state index in [2.05, 4.69) is 38.3 Å². The van der Waals surface area contributed by atoms with E-state index in [1.165, 1.54) is 0 Å². The van der Waals surface area contributed by atoms with Crippen LogP contribution in [0.3, 0.4) is 0 Å². The molecule has 3 heterocycles. The van der Waals surface area contributed by atoms with Gasteiger partial charge in [-0.2, -0.15) is 0 Å². The summed E-state index contributed by atoms with van der Waals surface area (Å²) in [5, 5.41) is 17.7. The van der Waals surface area contributed by atoms with Gasteiger partial charge in [-0.3, -0.25) is 9.69 Å². The highest BCUT2D eigenvalue weighted by molar-refractivity contribution is 5.93. The number of aromatic nitrogens is 2. The first-order chi connectivity index (χ1) is 13.5. The normalized spacial score (nSPS) is 17.1. The fraction of sp³-hybridized carbons (Fsp3) is 0.429. The van der Waals surface area contributed by atoms with E-state index in [0.29, 0.717) is 18.0 Å². The largest absolute Gasteiger partial charge is 0.393 e. The number of benzene rings is 1. The predicted octanol–water partition coefficient (Wildman–Crippen LogP) is 2.61. The SMILES string of the molecule is C[C@@H](NC(=O)c1cc(CN2CCC(O)CC2)on1)c1cn(C)c2ccccc12. The van der Waals surface area contributed by atoms with Gasteiger partial charge >= 0.3 is 0 Å². The number of piperidine rings is 1. The number of likely N-dealkylation sites (tertiary alicyclic amines) is 1. The van der Waals surface area contributed by atoms with Crippen molar-refractivity contribution in [2.75, 3.05) is 13.1 Å². The van der Waals surface area contributed by atoms with Crippen molar-refractivity contribution in [3.05, 3.63) is 53.5 Å². The van der Waals surface area contributed by atoms with Crippen molar-refractivity contribution < 1.29 is 14.4 Å². The van der Waals surface area contributed by atoms with Gasteiger partial charge in [-0.25, -0.2) is 0 Å². The maximum atomic E-state index is 12.6. The van der Waals surface area contributed by atoms with Gasteiger partial charge in [0.2, 0.25) is 0 Å². The number of nitrogens with zero attached hydrogens (tertiary/aromatic N) is 3. The lowest BCUT2D eigenvalue weighted by Crippen LogP contribution is -2.35. The molecule has 1 aromatic carbocycles. The molecule has 1 aliphatic heterocycles. The number of nitrogens with one attached hydrogen (secondary N) is 1. The van der Waals surface area contributed by atoms with E-state index >= 15 is 0 Å². The summed E-state index contributed by atoms with van der Waals surface area (Å²) in [5.41, 5.74) is 2.50. The predicted molar refractivity (Wildman–Crippen MR) is 106 cm³/mol. The molecule has 0 bridgehead atoms. The van der Waals surface area contributed by atoms with Crippen molar-refractivity contribution in [2.24, 2.45) is 7.05 Å². The molecule has 0 unspecified atom stereocenters. The lowest BCUT2D eigenvalue weighted by Gasteiger charge is -2.28. The molecule has 1 atom stereocenters. The maximum absolute atomic E-state index is 12.6. The Morgan fingerprint density at radius 1 is 1.36 bits per heavy atom. The average Bonchev–Trinajstić information content (AvgIpc) is 3.29. The van der Waals surface area contributed by atoms with Crippen LogP contribution < -0.4 is 5.32 Å². The fourth-order valence-corrected chi connectivity index (χ4v) is 3.86. The minimum atomic E-state index is -0.246. The van der Waals surface area contributed by atoms with Crippen molar-refractivity contribution in [3.8, 4) is 0 Å². The van der Waals surface area contributed by atoms with Gasteiger partial charge in [0.25, 0.3) is 5.91 Å². The molecule has 4 rings (SSSR count). The number of aliphatic hydroxyl groups is 1. The summed E-state index contributed by atoms with van der Waals surface area (Å²) < 4.78 is 7.42. The smallest absolute Gasteiger partial charge is 0.273 e. The van der Waals surface area contributed by atoms with Crippen molar-refractivity contribution >= 4 is 16.8 Å². The third-order valence-electron chi connectivity index (χ3n) is 5.47. The number of para-hydroxylation sites is 1. The second-order valence-corrected chi connectivity index (χ2v) is 7.59. The molecule has 1 aliphatic rings. The quantitative estimate of drug-likeness (QED) is 0.709. The highest BCUT2D eigenvalue weighted by Gasteiger charge is 2.21. The maximum Gasteiger partial charge on any atom is 0.273 e. The minimum Gasteiger partial charge on any atom is -0.393 e. The molecule has 148 valence electrons. The van der Waals surface area contributed by atoms with Crippen LogP contribution in [0.2, 0.25) is 0 Å². The number of carbonyl (C=O) groups excluding carboxylic acids is 1. The van der Waals surface area contributed by atoms with E-state index in [4.69, 9.17) is 4.52 Å². The Morgan fingerprint density at radius 3 is 2.89 bits per heavy atom. The zero-order valence-electron chi connectivity index (χ0n) is 16.3. The van der Waals surface area contributed by atoms with Crippen molar-refractivity contribution in [1.29, 1.82) is 0 Å². The number of amides is 1. The Labute approximate surface area is 163 Å². The van der Waals surface area contributed by atoms with E-state index in [9.17, 15) is 9.90 Å². The summed E-state index contributed by atoms with van der Waals surface area (Å²) in [7, 11) is 2.00. The number of carbonyl (C=O) groups is 1. The third kappa shape index (κ3) is 3.81. The molecule has 0 radical (unpaired) electrons. The summed E-state index contributed by atoms with van der Waals surface area (Å²) >= 11 is 0. The highest BCUT2D eigenvalue weighted by atomic mass is 16.5. The molecular formula is C21H26N4O3. The molecule has 7 nitrogen and oxygen atoms in total. The molecule has 0 aliphatic carbocycles. The van der Waals surface area contributed by atoms with Crippen LogP contribution in [0.4, 0.5) is 0 Å². The van der Waals surface area contributed by atoms with Crippen LogP contribution in [0.15, 0.2) is 41.1 Å². The number of hydrogen-bond acceptors (Lipinski definition) is 5. The number of rotatable bonds is 5. The van der Waals surface area contributed by atoms with Crippen LogP contribution >= 0.6 is 0 Å². The van der Waals surface area contributed by atoms with Gasteiger partial charge in [0.05, 0.1) is 18.7 Å². The molecule has 1 fully saturated rings. The Hall–Kier alpha value is -2.64. The molecular weight excluding hydrogens is 356 g/mol. The zero-order valence-corrected chi connectivity index (χ0v) is 16.3. The van der Waals surface area contributed by atoms with E-state index in [1.807, 2.05) is 26.1 Å². The summed E-state index contributed by atoms with van der Waals surface area (Å²) in [5.74, 6) is 0.420. The molecule has 7 heteroatoms. The summed E-state index contributed by atoms with van der Waals surface area (Å²) in [6.45, 7) is 4.22. The van der Waals surface area contributed by atoms with Gasteiger partial charge in [-0.1, -0.05) is 23.4 Å². The molecule has 1 saturated heterocycles. The van der Waals surface area contributed by atoms with Gasteiger partial charge in [0.15, 0.2) is 11.5 Å². The Balaban J connectivity index is 1.41. The van der Waals surface area contributed by atoms with Gasteiger partial charge in [0.1, 0.15) is 0 Å². The molecule has 3 aromatic rings. The fourth-order valence-electron chi connectivity index (χ4n) is 3.86. The number of aryl methyl sites for hydroxylation is 1. The van der Waals surface area contributed by atoms with E-state index in [0.717, 1.165) is 42.4 Å². The third-order valence-corrected chi connectivity index (χ3v) is 5.47. The topological polar surface area (TPSA) is 83.5 Å². The molecule has 2 aromatic heterocycles. The van der Waals surface area contributed by atoms with Gasteiger partial charge in [-0.05, 0) is 31.4 Å². The first-order valence-corrected chi connectivity index (χ1v) is 9.72. The first-order valence-electron chi connectivity index (χ1n) is 9.72. The van der Waals surface area contributed by atoms with E-state index < -0.39 is 0 Å². The summed E-state index contributed by atoms with van der Waals surface area (Å²) in [4.78, 5) is 14.8. The summed E-state index contributed by atoms with van der Waals surface area (Å²) in [6, 6.07) is 9.70. The molecule has 28 heavy (non-hydrogen) atoms. The zero-order chi connectivity index (χ0) is 19.7. The number of fused-ring (bicyclic) bond motifs is 1. The molecule has 1 amide bonds. The van der Waals surface area contributed by atoms with Crippen molar-refractivity contribution in [2.45, 2.75) is 38.5 Å². The second kappa shape index (κ2) is 7.77. The Kier molecular flexibility index (Phi) is 5.19. The highest BCUT2D eigenvalue weighted by Crippen LogP contribution is 2.26. The average molecular weight is 382 g/mol. The van der Waals surface area contributed by atoms with Crippen LogP contribution in [-0.4, -0.2) is 44.8 Å². The van der Waals surface area contributed by atoms with Crippen LogP contribution in [0.1, 0.15) is 47.6 Å². The van der Waals surface area contributed by atoms with Crippen LogP contribution in [0, 0.1) is 0 Å². The van der Waals surface area contributed by atoms with Crippen LogP contribution in [-0.2, 0) is 13.6 Å². The van der Waals surface area contributed by atoms with Gasteiger partial charge in [-0.15, -0.1) is 0 Å². The lowest BCUT2D eigenvalue weighted by molar-refractivity contribution is 0.0748. The van der Waals surface area contributed by atoms with Gasteiger partial charge in [0, 0.05) is 43.3 Å². The van der Waals surface area contributed by atoms with Crippen molar-refractivity contribution in [3.63, 3.8) is 0 Å².